The summed E-state index contributed by atoms with van der Waals surface area (Å²) in [7, 11) is 0. The third-order valence-corrected chi connectivity index (χ3v) is 4.18. The molecule has 4 heteroatoms. The number of alkyl halides is 1. The summed E-state index contributed by atoms with van der Waals surface area (Å²) in [6.45, 7) is 6.53. The molecule has 1 fully saturated rings. The van der Waals surface area contributed by atoms with E-state index in [9.17, 15) is 0 Å². The molecule has 0 saturated heterocycles. The Morgan fingerprint density at radius 1 is 1.44 bits per heavy atom. The van der Waals surface area contributed by atoms with Crippen LogP contribution in [0, 0.1) is 0 Å². The average molecular weight is 314 g/mol. The molecule has 0 radical (unpaired) electrons. The van der Waals surface area contributed by atoms with Crippen molar-refractivity contribution in [3.05, 3.63) is 18.0 Å². The smallest absolute Gasteiger partial charge is 0.0765 e. The van der Waals surface area contributed by atoms with E-state index < -0.39 is 0 Å². The summed E-state index contributed by atoms with van der Waals surface area (Å²) in [4.78, 5) is 2.45. The van der Waals surface area contributed by atoms with Crippen molar-refractivity contribution in [1.29, 1.82) is 0 Å². The Morgan fingerprint density at radius 3 is 2.78 bits per heavy atom. The molecule has 0 atom stereocenters. The van der Waals surface area contributed by atoms with Gasteiger partial charge in [0.2, 0.25) is 0 Å². The molecule has 1 aromatic rings. The molecular weight excluding hydrogens is 290 g/mol. The van der Waals surface area contributed by atoms with E-state index in [4.69, 9.17) is 5.10 Å². The summed E-state index contributed by atoms with van der Waals surface area (Å²) in [5.41, 5.74) is 1.21. The number of rotatable bonds is 6. The first kappa shape index (κ1) is 14.1. The molecule has 1 heterocycles. The monoisotopic (exact) mass is 313 g/mol. The first-order chi connectivity index (χ1) is 8.70. The van der Waals surface area contributed by atoms with Crippen molar-refractivity contribution in [2.24, 2.45) is 0 Å². The standard InChI is InChI=1S/C14H24BrN3/c1-12(2)17(10-8-15)11-13-7-9-18(16-13)14-5-3-4-6-14/h7,9,12,14H,3-6,8,10-11H2,1-2H3. The minimum atomic E-state index is 0.569. The topological polar surface area (TPSA) is 21.1 Å². The molecule has 0 N–H and O–H groups in total. The molecule has 0 spiro atoms. The normalized spacial score (nSPS) is 17.2. The van der Waals surface area contributed by atoms with Gasteiger partial charge in [-0.1, -0.05) is 28.8 Å². The molecule has 2 rings (SSSR count). The molecular formula is C14H24BrN3. The first-order valence-electron chi connectivity index (χ1n) is 7.04. The van der Waals surface area contributed by atoms with E-state index in [1.165, 1.54) is 31.4 Å². The average Bonchev–Trinajstić information content (AvgIpc) is 2.98. The summed E-state index contributed by atoms with van der Waals surface area (Å²) in [5, 5.41) is 5.78. The number of nitrogens with zero attached hydrogens (tertiary/aromatic N) is 3. The predicted molar refractivity (Wildman–Crippen MR) is 79.1 cm³/mol. The summed E-state index contributed by atoms with van der Waals surface area (Å²) in [5.74, 6) is 0. The molecule has 0 aliphatic heterocycles. The highest BCUT2D eigenvalue weighted by Crippen LogP contribution is 2.28. The van der Waals surface area contributed by atoms with E-state index >= 15 is 0 Å². The lowest BCUT2D eigenvalue weighted by atomic mass is 10.3. The fourth-order valence-electron chi connectivity index (χ4n) is 2.67. The van der Waals surface area contributed by atoms with Crippen molar-refractivity contribution in [2.45, 2.75) is 58.2 Å². The van der Waals surface area contributed by atoms with E-state index in [0.29, 0.717) is 12.1 Å². The van der Waals surface area contributed by atoms with Crippen LogP contribution in [0.2, 0.25) is 0 Å². The van der Waals surface area contributed by atoms with Crippen molar-refractivity contribution in [1.82, 2.24) is 14.7 Å². The molecule has 18 heavy (non-hydrogen) atoms. The zero-order valence-corrected chi connectivity index (χ0v) is 13.1. The van der Waals surface area contributed by atoms with Crippen molar-refractivity contribution in [2.75, 3.05) is 11.9 Å². The zero-order valence-electron chi connectivity index (χ0n) is 11.5. The second-order valence-electron chi connectivity index (χ2n) is 5.48. The SMILES string of the molecule is CC(C)N(CCBr)Cc1ccn(C2CCCC2)n1. The molecule has 1 aromatic heterocycles. The van der Waals surface area contributed by atoms with Crippen LogP contribution in [0.1, 0.15) is 51.3 Å². The Balaban J connectivity index is 1.96. The van der Waals surface area contributed by atoms with Gasteiger partial charge in [-0.2, -0.15) is 5.10 Å². The summed E-state index contributed by atoms with van der Waals surface area (Å²) < 4.78 is 2.19. The predicted octanol–water partition coefficient (Wildman–Crippen LogP) is 3.60. The van der Waals surface area contributed by atoms with Crippen LogP contribution in [-0.2, 0) is 6.54 Å². The minimum absolute atomic E-state index is 0.569. The van der Waals surface area contributed by atoms with Crippen LogP contribution in [0.15, 0.2) is 12.3 Å². The first-order valence-corrected chi connectivity index (χ1v) is 8.17. The summed E-state index contributed by atoms with van der Waals surface area (Å²) in [6, 6.07) is 3.41. The molecule has 0 aromatic carbocycles. The Labute approximate surface area is 119 Å². The molecule has 0 unspecified atom stereocenters. The maximum absolute atomic E-state index is 4.76. The lowest BCUT2D eigenvalue weighted by molar-refractivity contribution is 0.223. The van der Waals surface area contributed by atoms with Crippen molar-refractivity contribution >= 4 is 15.9 Å². The molecule has 0 bridgehead atoms. The molecule has 102 valence electrons. The second kappa shape index (κ2) is 6.71. The van der Waals surface area contributed by atoms with Crippen molar-refractivity contribution in [3.63, 3.8) is 0 Å². The maximum atomic E-state index is 4.76. The van der Waals surface area contributed by atoms with Crippen LogP contribution in [0.5, 0.6) is 0 Å². The number of hydrogen-bond donors (Lipinski definition) is 0. The van der Waals surface area contributed by atoms with Crippen LogP contribution in [0.25, 0.3) is 0 Å². The molecule has 0 amide bonds. The van der Waals surface area contributed by atoms with Gasteiger partial charge in [-0.15, -0.1) is 0 Å². The second-order valence-corrected chi connectivity index (χ2v) is 6.27. The third-order valence-electron chi connectivity index (χ3n) is 3.83. The van der Waals surface area contributed by atoms with Crippen LogP contribution in [0.3, 0.4) is 0 Å². The Kier molecular flexibility index (Phi) is 5.25. The van der Waals surface area contributed by atoms with Gasteiger partial charge in [0, 0.05) is 30.7 Å². The highest BCUT2D eigenvalue weighted by molar-refractivity contribution is 9.09. The fourth-order valence-corrected chi connectivity index (χ4v) is 3.13. The largest absolute Gasteiger partial charge is 0.294 e. The summed E-state index contributed by atoms with van der Waals surface area (Å²) in [6.07, 6.45) is 7.49. The third kappa shape index (κ3) is 3.58. The number of hydrogen-bond acceptors (Lipinski definition) is 2. The maximum Gasteiger partial charge on any atom is 0.0765 e. The highest BCUT2D eigenvalue weighted by atomic mass is 79.9. The lowest BCUT2D eigenvalue weighted by Crippen LogP contribution is -2.32. The van der Waals surface area contributed by atoms with Gasteiger partial charge in [0.05, 0.1) is 11.7 Å². The molecule has 3 nitrogen and oxygen atoms in total. The van der Waals surface area contributed by atoms with Gasteiger partial charge in [0.15, 0.2) is 0 Å². The lowest BCUT2D eigenvalue weighted by Gasteiger charge is -2.24. The molecule has 1 saturated carbocycles. The fraction of sp³-hybridized carbons (Fsp3) is 0.786. The zero-order chi connectivity index (χ0) is 13.0. The van der Waals surface area contributed by atoms with Crippen molar-refractivity contribution in [3.8, 4) is 0 Å². The van der Waals surface area contributed by atoms with Gasteiger partial charge in [-0.25, -0.2) is 0 Å². The van der Waals surface area contributed by atoms with Gasteiger partial charge in [0.25, 0.3) is 0 Å². The van der Waals surface area contributed by atoms with E-state index in [0.717, 1.165) is 18.4 Å². The quantitative estimate of drug-likeness (QED) is 0.748. The van der Waals surface area contributed by atoms with E-state index in [2.05, 4.69) is 51.6 Å². The molecule has 1 aliphatic rings. The van der Waals surface area contributed by atoms with Gasteiger partial charge >= 0.3 is 0 Å². The van der Waals surface area contributed by atoms with Crippen LogP contribution < -0.4 is 0 Å². The minimum Gasteiger partial charge on any atom is -0.294 e. The van der Waals surface area contributed by atoms with E-state index in [-0.39, 0.29) is 0 Å². The van der Waals surface area contributed by atoms with Crippen molar-refractivity contribution < 1.29 is 0 Å². The molecule has 1 aliphatic carbocycles. The Morgan fingerprint density at radius 2 is 2.17 bits per heavy atom. The van der Waals surface area contributed by atoms with Gasteiger partial charge in [0.1, 0.15) is 0 Å². The van der Waals surface area contributed by atoms with Gasteiger partial charge < -0.3 is 0 Å². The number of halogens is 1. The summed E-state index contributed by atoms with van der Waals surface area (Å²) >= 11 is 3.52. The van der Waals surface area contributed by atoms with E-state index in [1.807, 2.05) is 0 Å². The van der Waals surface area contributed by atoms with Gasteiger partial charge in [-0.05, 0) is 32.8 Å². The van der Waals surface area contributed by atoms with Gasteiger partial charge in [-0.3, -0.25) is 9.58 Å². The van der Waals surface area contributed by atoms with E-state index in [1.54, 1.807) is 0 Å². The van der Waals surface area contributed by atoms with Crippen LogP contribution in [-0.4, -0.2) is 32.6 Å². The highest BCUT2D eigenvalue weighted by Gasteiger charge is 2.18. The Bertz CT molecular complexity index is 356. The van der Waals surface area contributed by atoms with Crippen LogP contribution >= 0.6 is 15.9 Å². The number of aromatic nitrogens is 2. The van der Waals surface area contributed by atoms with Crippen LogP contribution in [0.4, 0.5) is 0 Å². The Hall–Kier alpha value is -0.350.